The minimum Gasteiger partial charge on any atom is -0.468 e. The van der Waals surface area contributed by atoms with Crippen LogP contribution < -0.4 is 0 Å². The van der Waals surface area contributed by atoms with E-state index in [9.17, 15) is 30.4 Å². The highest BCUT2D eigenvalue weighted by atomic mass is 32.2. The summed E-state index contributed by atoms with van der Waals surface area (Å²) in [6.07, 6.45) is -3.53. The molecule has 0 fully saturated rings. The average molecular weight is 431 g/mol. The Morgan fingerprint density at radius 2 is 1.66 bits per heavy atom. The summed E-state index contributed by atoms with van der Waals surface area (Å²) >= 11 is 0. The van der Waals surface area contributed by atoms with Gasteiger partial charge in [0.05, 0.1) is 18.4 Å². The first-order valence-corrected chi connectivity index (χ1v) is 9.65. The van der Waals surface area contributed by atoms with Crippen LogP contribution in [0.3, 0.4) is 0 Å². The van der Waals surface area contributed by atoms with Crippen LogP contribution in [0.25, 0.3) is 0 Å². The van der Waals surface area contributed by atoms with Crippen molar-refractivity contribution >= 4 is 10.0 Å². The number of hydrogen-bond acceptors (Lipinski definition) is 3. The third kappa shape index (κ3) is 4.83. The van der Waals surface area contributed by atoms with Crippen LogP contribution in [-0.2, 0) is 29.3 Å². The molecule has 2 aromatic carbocycles. The minimum atomic E-state index is -4.81. The van der Waals surface area contributed by atoms with E-state index in [4.69, 9.17) is 4.42 Å². The van der Waals surface area contributed by atoms with Crippen molar-refractivity contribution in [2.24, 2.45) is 0 Å². The van der Waals surface area contributed by atoms with Gasteiger partial charge in [-0.05, 0) is 48.0 Å². The lowest BCUT2D eigenvalue weighted by Crippen LogP contribution is -2.31. The summed E-state index contributed by atoms with van der Waals surface area (Å²) in [5.41, 5.74) is -1.50. The first kappa shape index (κ1) is 21.0. The summed E-state index contributed by atoms with van der Waals surface area (Å²) in [4.78, 5) is -0.654. The van der Waals surface area contributed by atoms with E-state index >= 15 is 0 Å². The van der Waals surface area contributed by atoms with Gasteiger partial charge in [0.1, 0.15) is 22.3 Å². The highest BCUT2D eigenvalue weighted by Crippen LogP contribution is 2.31. The van der Waals surface area contributed by atoms with Crippen LogP contribution in [0, 0.1) is 11.6 Å². The summed E-state index contributed by atoms with van der Waals surface area (Å²) in [5.74, 6) is -2.01. The molecule has 0 amide bonds. The predicted molar refractivity (Wildman–Crippen MR) is 92.9 cm³/mol. The smallest absolute Gasteiger partial charge is 0.416 e. The van der Waals surface area contributed by atoms with Gasteiger partial charge in [0, 0.05) is 6.54 Å². The zero-order chi connectivity index (χ0) is 21.2. The molecular weight excluding hydrogens is 417 g/mol. The van der Waals surface area contributed by atoms with Crippen molar-refractivity contribution in [2.45, 2.75) is 24.2 Å². The number of halogens is 5. The fourth-order valence-electron chi connectivity index (χ4n) is 2.70. The molecule has 1 heterocycles. The van der Waals surface area contributed by atoms with Gasteiger partial charge >= 0.3 is 6.18 Å². The quantitative estimate of drug-likeness (QED) is 0.518. The molecule has 0 radical (unpaired) electrons. The zero-order valence-corrected chi connectivity index (χ0v) is 15.5. The number of alkyl halides is 3. The third-order valence-corrected chi connectivity index (χ3v) is 5.84. The van der Waals surface area contributed by atoms with Gasteiger partial charge in [0.2, 0.25) is 10.0 Å². The van der Waals surface area contributed by atoms with E-state index in [1.807, 2.05) is 0 Å². The topological polar surface area (TPSA) is 50.5 Å². The molecule has 1 aromatic heterocycles. The normalized spacial score (nSPS) is 12.5. The van der Waals surface area contributed by atoms with Crippen molar-refractivity contribution < 1.29 is 34.8 Å². The molecule has 0 aliphatic carbocycles. The van der Waals surface area contributed by atoms with Crippen LogP contribution in [-0.4, -0.2) is 12.7 Å². The van der Waals surface area contributed by atoms with Crippen molar-refractivity contribution in [3.05, 3.63) is 89.4 Å². The SMILES string of the molecule is O=S(=O)(c1ccccc1F)N(Cc1cc(F)cc(C(F)(F)F)c1)Cc1ccco1. The number of rotatable bonds is 6. The first-order chi connectivity index (χ1) is 13.6. The zero-order valence-electron chi connectivity index (χ0n) is 14.7. The maximum Gasteiger partial charge on any atom is 0.416 e. The van der Waals surface area contributed by atoms with Crippen LogP contribution >= 0.6 is 0 Å². The van der Waals surface area contributed by atoms with Crippen LogP contribution in [0.5, 0.6) is 0 Å². The Hall–Kier alpha value is -2.72. The predicted octanol–water partition coefficient (Wildman–Crippen LogP) is 4.97. The molecule has 0 spiro atoms. The lowest BCUT2D eigenvalue weighted by Gasteiger charge is -2.22. The van der Waals surface area contributed by atoms with Crippen molar-refractivity contribution in [2.75, 3.05) is 0 Å². The van der Waals surface area contributed by atoms with E-state index < -0.39 is 44.8 Å². The number of nitrogens with zero attached hydrogens (tertiary/aromatic N) is 1. The average Bonchev–Trinajstić information content (AvgIpc) is 3.13. The van der Waals surface area contributed by atoms with E-state index in [2.05, 4.69) is 0 Å². The molecule has 154 valence electrons. The second-order valence-corrected chi connectivity index (χ2v) is 8.04. The molecule has 0 atom stereocenters. The second-order valence-electron chi connectivity index (χ2n) is 6.13. The van der Waals surface area contributed by atoms with Gasteiger partial charge in [0.15, 0.2) is 0 Å². The van der Waals surface area contributed by atoms with Crippen LogP contribution in [0.4, 0.5) is 22.0 Å². The summed E-state index contributed by atoms with van der Waals surface area (Å²) in [6.45, 7) is -1.01. The van der Waals surface area contributed by atoms with Gasteiger partial charge in [-0.1, -0.05) is 12.1 Å². The van der Waals surface area contributed by atoms with Crippen LogP contribution in [0.1, 0.15) is 16.9 Å². The molecule has 0 saturated heterocycles. The van der Waals surface area contributed by atoms with E-state index in [1.54, 1.807) is 0 Å². The van der Waals surface area contributed by atoms with Gasteiger partial charge in [-0.25, -0.2) is 17.2 Å². The summed E-state index contributed by atoms with van der Waals surface area (Å²) in [7, 11) is -4.47. The molecule has 3 aromatic rings. The molecule has 0 bridgehead atoms. The molecule has 0 unspecified atom stereocenters. The van der Waals surface area contributed by atoms with Crippen molar-refractivity contribution in [3.8, 4) is 0 Å². The Morgan fingerprint density at radius 3 is 2.28 bits per heavy atom. The maximum absolute atomic E-state index is 14.1. The highest BCUT2D eigenvalue weighted by Gasteiger charge is 2.33. The van der Waals surface area contributed by atoms with Gasteiger partial charge < -0.3 is 4.42 Å². The van der Waals surface area contributed by atoms with E-state index in [1.165, 1.54) is 30.5 Å². The molecule has 29 heavy (non-hydrogen) atoms. The van der Waals surface area contributed by atoms with Gasteiger partial charge in [-0.15, -0.1) is 0 Å². The molecule has 0 N–H and O–H groups in total. The molecule has 0 saturated carbocycles. The summed E-state index contributed by atoms with van der Waals surface area (Å²) in [5, 5.41) is 0. The van der Waals surface area contributed by atoms with E-state index in [0.717, 1.165) is 22.5 Å². The van der Waals surface area contributed by atoms with Crippen LogP contribution in [0.15, 0.2) is 70.2 Å². The second kappa shape index (κ2) is 7.96. The lowest BCUT2D eigenvalue weighted by molar-refractivity contribution is -0.137. The number of furan rings is 1. The monoisotopic (exact) mass is 431 g/mol. The molecule has 0 aliphatic rings. The van der Waals surface area contributed by atoms with Crippen molar-refractivity contribution in [1.82, 2.24) is 4.31 Å². The number of benzene rings is 2. The molecule has 10 heteroatoms. The standard InChI is InChI=1S/C19H14F5NO3S/c20-15-9-13(8-14(10-15)19(22,23)24)11-25(12-16-4-3-7-28-16)29(26,27)18-6-2-1-5-17(18)21/h1-10H,11-12H2. The Labute approximate surface area is 163 Å². The molecule has 4 nitrogen and oxygen atoms in total. The van der Waals surface area contributed by atoms with Gasteiger partial charge in [-0.2, -0.15) is 17.5 Å². The first-order valence-electron chi connectivity index (χ1n) is 8.21. The fourth-order valence-corrected chi connectivity index (χ4v) is 4.16. The summed E-state index contributed by atoms with van der Waals surface area (Å²) in [6, 6.07) is 9.29. The van der Waals surface area contributed by atoms with E-state index in [0.29, 0.717) is 12.1 Å². The summed E-state index contributed by atoms with van der Waals surface area (Å²) < 4.78 is 98.6. The molecular formula is C19H14F5NO3S. The Balaban J connectivity index is 2.04. The van der Waals surface area contributed by atoms with Crippen molar-refractivity contribution in [3.63, 3.8) is 0 Å². The largest absolute Gasteiger partial charge is 0.468 e. The third-order valence-electron chi connectivity index (χ3n) is 4.01. The Morgan fingerprint density at radius 1 is 0.931 bits per heavy atom. The fraction of sp³-hybridized carbons (Fsp3) is 0.158. The van der Waals surface area contributed by atoms with Gasteiger partial charge in [-0.3, -0.25) is 0 Å². The highest BCUT2D eigenvalue weighted by molar-refractivity contribution is 7.89. The number of sulfonamides is 1. The van der Waals surface area contributed by atoms with Crippen molar-refractivity contribution in [1.29, 1.82) is 0 Å². The Kier molecular flexibility index (Phi) is 5.76. The molecule has 3 rings (SSSR count). The van der Waals surface area contributed by atoms with Crippen LogP contribution in [0.2, 0.25) is 0 Å². The molecule has 0 aliphatic heterocycles. The van der Waals surface area contributed by atoms with E-state index in [-0.39, 0.29) is 17.9 Å². The maximum atomic E-state index is 14.1. The lowest BCUT2D eigenvalue weighted by atomic mass is 10.1. The number of hydrogen-bond donors (Lipinski definition) is 0. The van der Waals surface area contributed by atoms with Gasteiger partial charge in [0.25, 0.3) is 0 Å². The minimum absolute atomic E-state index is 0.178. The Bertz CT molecular complexity index is 1100.